The molecule has 2 atom stereocenters. The third-order valence-corrected chi connectivity index (χ3v) is 6.37. The van der Waals surface area contributed by atoms with Crippen molar-refractivity contribution in [2.24, 2.45) is 0 Å². The first-order chi connectivity index (χ1) is 17.0. The van der Waals surface area contributed by atoms with E-state index in [0.717, 1.165) is 18.7 Å². The smallest absolute Gasteiger partial charge is 0.263 e. The van der Waals surface area contributed by atoms with Gasteiger partial charge in [-0.3, -0.25) is 9.78 Å². The molecule has 2 unspecified atom stereocenters. The maximum Gasteiger partial charge on any atom is 0.263 e. The summed E-state index contributed by atoms with van der Waals surface area (Å²) in [6.45, 7) is 2.27. The van der Waals surface area contributed by atoms with E-state index in [0.29, 0.717) is 60.1 Å². The Labute approximate surface area is 225 Å². The number of pyridine rings is 3. The summed E-state index contributed by atoms with van der Waals surface area (Å²) < 4.78 is 25.1. The van der Waals surface area contributed by atoms with E-state index in [-0.39, 0.29) is 43.4 Å². The molecule has 200 valence electrons. The summed E-state index contributed by atoms with van der Waals surface area (Å²) in [5, 5.41) is 16.8. The highest BCUT2D eigenvalue weighted by Crippen LogP contribution is 2.26. The highest BCUT2D eigenvalue weighted by molar-refractivity contribution is 5.94. The van der Waals surface area contributed by atoms with Gasteiger partial charge in [-0.05, 0) is 37.6 Å². The molecule has 0 aliphatic carbocycles. The molecule has 0 bridgehead atoms. The fourth-order valence-electron chi connectivity index (χ4n) is 4.48. The lowest BCUT2D eigenvalue weighted by Gasteiger charge is -2.36. The molecule has 13 heteroatoms. The van der Waals surface area contributed by atoms with Crippen LogP contribution in [0.3, 0.4) is 0 Å². The first-order valence-electron chi connectivity index (χ1n) is 11.5. The molecule has 1 saturated heterocycles. The highest BCUT2D eigenvalue weighted by Gasteiger charge is 2.28. The number of nitrogens with zero attached hydrogens (tertiary/aromatic N) is 4. The zero-order valence-electron chi connectivity index (χ0n) is 20.1. The lowest BCUT2D eigenvalue weighted by Crippen LogP contribution is -2.52. The maximum atomic E-state index is 14.6. The largest absolute Gasteiger partial charge is 0.481 e. The van der Waals surface area contributed by atoms with Gasteiger partial charge in [0.1, 0.15) is 5.82 Å². The number of ether oxygens (including phenoxy) is 2. The number of methoxy groups -OCH3 is 1. The molecule has 10 nitrogen and oxygen atoms in total. The molecular weight excluding hydrogens is 526 g/mol. The van der Waals surface area contributed by atoms with Crippen LogP contribution in [0.4, 0.5) is 10.2 Å². The van der Waals surface area contributed by atoms with Crippen LogP contribution < -0.4 is 20.1 Å². The lowest BCUT2D eigenvalue weighted by molar-refractivity contribution is -0.118. The predicted molar refractivity (Wildman–Crippen MR) is 140 cm³/mol. The van der Waals surface area contributed by atoms with Gasteiger partial charge in [-0.25, -0.2) is 14.4 Å². The van der Waals surface area contributed by atoms with E-state index < -0.39 is 11.9 Å². The van der Waals surface area contributed by atoms with E-state index in [2.05, 4.69) is 30.5 Å². The van der Waals surface area contributed by atoms with Crippen LogP contribution in [0.15, 0.2) is 30.5 Å². The van der Waals surface area contributed by atoms with Gasteiger partial charge in [0.05, 0.1) is 36.1 Å². The SMILES string of the molecule is COc1ccc2ncc(F)c(CCN3CCC(NCc4ccc5c(n4)NC(=O)CO5)C(O)C3)c2n1.Cl.Cl. The van der Waals surface area contributed by atoms with Crippen LogP contribution in [-0.2, 0) is 17.8 Å². The number of nitrogens with one attached hydrogen (secondary N) is 2. The van der Waals surface area contributed by atoms with Gasteiger partial charge >= 0.3 is 0 Å². The Hall–Kier alpha value is -2.83. The second-order valence-electron chi connectivity index (χ2n) is 8.69. The number of piperidine rings is 1. The average Bonchev–Trinajstić information content (AvgIpc) is 2.87. The number of hydrogen-bond donors (Lipinski definition) is 3. The molecule has 0 radical (unpaired) electrons. The Morgan fingerprint density at radius 3 is 2.89 bits per heavy atom. The van der Waals surface area contributed by atoms with Crippen molar-refractivity contribution >= 4 is 47.6 Å². The number of aromatic nitrogens is 3. The van der Waals surface area contributed by atoms with Crippen molar-refractivity contribution in [1.29, 1.82) is 0 Å². The minimum atomic E-state index is -0.582. The molecule has 3 aromatic heterocycles. The zero-order chi connectivity index (χ0) is 24.4. The van der Waals surface area contributed by atoms with Crippen LogP contribution >= 0.6 is 24.8 Å². The van der Waals surface area contributed by atoms with Crippen molar-refractivity contribution in [3.63, 3.8) is 0 Å². The van der Waals surface area contributed by atoms with E-state index in [9.17, 15) is 14.3 Å². The van der Waals surface area contributed by atoms with Crippen LogP contribution in [-0.4, -0.2) is 76.4 Å². The molecule has 5 heterocycles. The van der Waals surface area contributed by atoms with Crippen LogP contribution in [0.2, 0.25) is 0 Å². The van der Waals surface area contributed by atoms with Crippen LogP contribution in [0.25, 0.3) is 11.0 Å². The standard InChI is InChI=1S/C24H27FN6O4.2ClH/c1-34-22-5-3-18-23(30-22)15(16(25)11-27-18)6-8-31-9-7-17(19(32)12-31)26-10-14-2-4-20-24(28-14)29-21(33)13-35-20;;/h2-5,11,17,19,26,32H,6-10,12-13H2,1H3,(H,28,29,33);2*1H. The van der Waals surface area contributed by atoms with Gasteiger partial charge in [0.2, 0.25) is 5.88 Å². The minimum absolute atomic E-state index is 0. The molecule has 5 rings (SSSR count). The molecule has 37 heavy (non-hydrogen) atoms. The number of carbonyl (C=O) groups is 1. The fourth-order valence-corrected chi connectivity index (χ4v) is 4.48. The van der Waals surface area contributed by atoms with Crippen molar-refractivity contribution in [1.82, 2.24) is 25.2 Å². The number of β-amino-alcohol motifs (C(OH)–C–C–N with tert-alkyl or cyclic N) is 1. The topological polar surface area (TPSA) is 122 Å². The quantitative estimate of drug-likeness (QED) is 0.403. The van der Waals surface area contributed by atoms with Gasteiger partial charge in [-0.2, -0.15) is 0 Å². The summed E-state index contributed by atoms with van der Waals surface area (Å²) in [7, 11) is 1.52. The van der Waals surface area contributed by atoms with Crippen LogP contribution in [0.1, 0.15) is 17.7 Å². The van der Waals surface area contributed by atoms with Crippen LogP contribution in [0.5, 0.6) is 11.6 Å². The normalized spacial score (nSPS) is 19.2. The average molecular weight is 555 g/mol. The summed E-state index contributed by atoms with van der Waals surface area (Å²) in [6.07, 6.45) is 1.82. The third-order valence-electron chi connectivity index (χ3n) is 6.37. The molecular formula is C24H29Cl2FN6O4. The Bertz CT molecular complexity index is 1250. The number of anilines is 1. The molecule has 1 fully saturated rings. The number of fused-ring (bicyclic) bond motifs is 2. The van der Waals surface area contributed by atoms with Gasteiger partial charge in [0.25, 0.3) is 5.91 Å². The van der Waals surface area contributed by atoms with Crippen molar-refractivity contribution in [2.75, 3.05) is 38.7 Å². The number of aliphatic hydroxyl groups excluding tert-OH is 1. The van der Waals surface area contributed by atoms with Gasteiger partial charge in [-0.1, -0.05) is 0 Å². The predicted octanol–water partition coefficient (Wildman–Crippen LogP) is 2.11. The van der Waals surface area contributed by atoms with E-state index in [1.807, 2.05) is 6.07 Å². The van der Waals surface area contributed by atoms with Gasteiger partial charge in [-0.15, -0.1) is 24.8 Å². The number of carbonyl (C=O) groups excluding carboxylic acids is 1. The maximum absolute atomic E-state index is 14.6. The fraction of sp³-hybridized carbons (Fsp3) is 0.417. The molecule has 2 aliphatic heterocycles. The summed E-state index contributed by atoms with van der Waals surface area (Å²) in [6, 6.07) is 6.99. The summed E-state index contributed by atoms with van der Waals surface area (Å²) in [4.78, 5) is 26.6. The molecule has 2 aliphatic rings. The van der Waals surface area contributed by atoms with E-state index in [1.54, 1.807) is 18.2 Å². The molecule has 1 amide bonds. The van der Waals surface area contributed by atoms with Crippen molar-refractivity contribution < 1.29 is 23.8 Å². The lowest BCUT2D eigenvalue weighted by atomic mass is 10.0. The van der Waals surface area contributed by atoms with E-state index >= 15 is 0 Å². The molecule has 3 N–H and O–H groups in total. The molecule has 0 saturated carbocycles. The summed E-state index contributed by atoms with van der Waals surface area (Å²) in [5.74, 6) is 0.756. The monoisotopic (exact) mass is 554 g/mol. The Balaban J connectivity index is 0.00000190. The Morgan fingerprint density at radius 2 is 2.11 bits per heavy atom. The number of rotatable bonds is 7. The second-order valence-corrected chi connectivity index (χ2v) is 8.69. The molecule has 0 spiro atoms. The van der Waals surface area contributed by atoms with E-state index in [4.69, 9.17) is 9.47 Å². The number of hydrogen-bond acceptors (Lipinski definition) is 9. The second kappa shape index (κ2) is 12.6. The number of halogens is 3. The molecule has 3 aromatic rings. The first-order valence-corrected chi connectivity index (χ1v) is 11.5. The van der Waals surface area contributed by atoms with Crippen molar-refractivity contribution in [3.05, 3.63) is 47.5 Å². The number of amides is 1. The van der Waals surface area contributed by atoms with Gasteiger partial charge in [0.15, 0.2) is 18.2 Å². The Kier molecular flexibility index (Phi) is 9.80. The summed E-state index contributed by atoms with van der Waals surface area (Å²) >= 11 is 0. The zero-order valence-corrected chi connectivity index (χ0v) is 21.8. The Morgan fingerprint density at radius 1 is 1.27 bits per heavy atom. The van der Waals surface area contributed by atoms with Crippen molar-refractivity contribution in [3.8, 4) is 11.6 Å². The van der Waals surface area contributed by atoms with Gasteiger partial charge < -0.3 is 30.1 Å². The molecule has 0 aromatic carbocycles. The number of likely N-dealkylation sites (tertiary alicyclic amines) is 1. The van der Waals surface area contributed by atoms with Gasteiger partial charge in [0, 0.05) is 37.3 Å². The van der Waals surface area contributed by atoms with E-state index in [1.165, 1.54) is 13.3 Å². The number of aliphatic hydroxyl groups is 1. The minimum Gasteiger partial charge on any atom is -0.481 e. The van der Waals surface area contributed by atoms with Crippen LogP contribution in [0, 0.1) is 5.82 Å². The van der Waals surface area contributed by atoms with Crippen molar-refractivity contribution in [2.45, 2.75) is 31.5 Å². The summed E-state index contributed by atoms with van der Waals surface area (Å²) in [5.41, 5.74) is 2.36. The first kappa shape index (κ1) is 28.7. The highest BCUT2D eigenvalue weighted by atomic mass is 35.5. The third kappa shape index (κ3) is 6.55.